The fraction of sp³-hybridized carbons (Fsp3) is 0.602. The van der Waals surface area contributed by atoms with Crippen LogP contribution in [0.1, 0.15) is 344 Å². The number of methoxy groups -OCH3 is 2. The number of hydrogen-bond acceptors (Lipinski definition) is 15. The number of phenols is 3. The molecule has 10 unspecified atom stereocenters. The lowest BCUT2D eigenvalue weighted by Crippen LogP contribution is -2.58. The van der Waals surface area contributed by atoms with Gasteiger partial charge in [-0.2, -0.15) is 0 Å². The summed E-state index contributed by atoms with van der Waals surface area (Å²) in [6.07, 6.45) is 21.6. The molecule has 6 aromatic rings. The number of rotatable bonds is 31. The fourth-order valence-corrected chi connectivity index (χ4v) is 14.9. The molecule has 0 radical (unpaired) electrons. The number of hydrogen-bond donors (Lipinski definition) is 3. The highest BCUT2D eigenvalue weighted by Crippen LogP contribution is 2.59. The van der Waals surface area contributed by atoms with Crippen molar-refractivity contribution >= 4 is 17.9 Å². The molecule has 3 N–H and O–H groups in total. The molecule has 6 aromatic carbocycles. The van der Waals surface area contributed by atoms with Gasteiger partial charge in [0.15, 0.2) is 18.9 Å². The average Bonchev–Trinajstić information content (AvgIpc) is 0.733. The second kappa shape index (κ2) is 52.1. The van der Waals surface area contributed by atoms with E-state index in [0.29, 0.717) is 83.4 Å². The van der Waals surface area contributed by atoms with E-state index in [1.807, 2.05) is 95.3 Å². The van der Waals surface area contributed by atoms with Crippen LogP contribution in [-0.2, 0) is 33.2 Å². The van der Waals surface area contributed by atoms with E-state index in [-0.39, 0.29) is 41.4 Å². The monoisotopic (exact) mass is 1570 g/mol. The summed E-state index contributed by atoms with van der Waals surface area (Å²) in [6.45, 7) is 43.9. The van der Waals surface area contributed by atoms with Crippen molar-refractivity contribution < 1.29 is 72.3 Å². The molecule has 0 amide bonds. The zero-order chi connectivity index (χ0) is 83.7. The smallest absolute Gasteiger partial charge is 0.341 e. The van der Waals surface area contributed by atoms with Crippen molar-refractivity contribution in [3.05, 3.63) is 178 Å². The van der Waals surface area contributed by atoms with Crippen LogP contribution < -0.4 is 14.2 Å². The van der Waals surface area contributed by atoms with E-state index >= 15 is 0 Å². The Morgan fingerprint density at radius 1 is 0.407 bits per heavy atom. The number of aromatic hydroxyl groups is 3. The largest absolute Gasteiger partial charge is 0.508 e. The number of phenolic OH excluding ortho intramolecular Hbond substituents is 3. The van der Waals surface area contributed by atoms with Gasteiger partial charge in [-0.15, -0.1) is 0 Å². The minimum absolute atomic E-state index is 0.0334. The number of esters is 3. The predicted octanol–water partition coefficient (Wildman–Crippen LogP) is 25.9. The number of ether oxygens (including phenoxy) is 9. The molecule has 113 heavy (non-hydrogen) atoms. The molecule has 4 bridgehead atoms. The molecule has 5 aliphatic carbocycles. The molecule has 5 fully saturated rings. The fourth-order valence-electron chi connectivity index (χ4n) is 14.9. The van der Waals surface area contributed by atoms with E-state index in [1.165, 1.54) is 120 Å². The van der Waals surface area contributed by atoms with Crippen LogP contribution in [0.25, 0.3) is 0 Å². The van der Waals surface area contributed by atoms with Gasteiger partial charge in [0.1, 0.15) is 51.2 Å². The van der Waals surface area contributed by atoms with Crippen LogP contribution in [0.2, 0.25) is 0 Å². The van der Waals surface area contributed by atoms with Crippen LogP contribution in [0, 0.1) is 35.5 Å². The molecule has 10 atom stereocenters. The van der Waals surface area contributed by atoms with E-state index < -0.39 is 18.2 Å². The highest BCUT2D eigenvalue weighted by atomic mass is 16.7. The maximum absolute atomic E-state index is 12.1. The van der Waals surface area contributed by atoms with E-state index in [4.69, 9.17) is 48.1 Å². The summed E-state index contributed by atoms with van der Waals surface area (Å²) in [5.41, 5.74) is 8.00. The van der Waals surface area contributed by atoms with Crippen molar-refractivity contribution in [1.82, 2.24) is 0 Å². The van der Waals surface area contributed by atoms with Gasteiger partial charge >= 0.3 is 17.9 Å². The van der Waals surface area contributed by atoms with Gasteiger partial charge in [-0.25, -0.2) is 9.59 Å². The van der Waals surface area contributed by atoms with Gasteiger partial charge in [0.25, 0.3) is 0 Å². The van der Waals surface area contributed by atoms with Gasteiger partial charge in [0.05, 0.1) is 26.7 Å². The third-order valence-electron chi connectivity index (χ3n) is 23.9. The highest BCUT2D eigenvalue weighted by Gasteiger charge is 2.57. The average molecular weight is 1570 g/mol. The molecule has 0 spiro atoms. The van der Waals surface area contributed by atoms with Gasteiger partial charge in [0.2, 0.25) is 0 Å². The first-order valence-corrected chi connectivity index (χ1v) is 43.0. The molecule has 15 nitrogen and oxygen atoms in total. The molecular weight excluding hydrogens is 1420 g/mol. The van der Waals surface area contributed by atoms with Crippen LogP contribution >= 0.6 is 0 Å². The van der Waals surface area contributed by atoms with Crippen molar-refractivity contribution in [2.45, 2.75) is 314 Å². The molecule has 0 heterocycles. The summed E-state index contributed by atoms with van der Waals surface area (Å²) in [5, 5.41) is 27.5. The molecular formula is C98H148O15. The van der Waals surface area contributed by atoms with Crippen molar-refractivity contribution in [1.29, 1.82) is 0 Å². The zero-order valence-corrected chi connectivity index (χ0v) is 73.5. The Bertz CT molecular complexity index is 3500. The third kappa shape index (κ3) is 33.3. The Kier molecular flexibility index (Phi) is 45.1. The lowest BCUT2D eigenvalue weighted by atomic mass is 9.50. The van der Waals surface area contributed by atoms with Gasteiger partial charge in [-0.3, -0.25) is 4.79 Å². The molecule has 5 aliphatic rings. The zero-order valence-electron chi connectivity index (χ0n) is 73.5. The van der Waals surface area contributed by atoms with Crippen LogP contribution in [0.3, 0.4) is 0 Å². The summed E-state index contributed by atoms with van der Waals surface area (Å²) >= 11 is 0. The Hall–Kier alpha value is -7.59. The predicted molar refractivity (Wildman–Crippen MR) is 460 cm³/mol. The van der Waals surface area contributed by atoms with Crippen LogP contribution in [0.15, 0.2) is 133 Å². The molecule has 15 heteroatoms. The summed E-state index contributed by atoms with van der Waals surface area (Å²) in [7, 11) is 2.67. The SMILES string of the molecule is CCC(C)C(=O)OC1(C)C2CC3CC(C2)CC1C3.CCC(C)c1ccc(O)c(C(=O)OC)c1.CCC(C)c1ccc(O)cc1.CCC(C)c1ccc(O)cc1.CCC(C)c1ccc(OC(C)OCCC2CCCCC2)cc1.CCOC(C)Oc1ccc(C(C)CC)cc1.CCOC(C)Oc1ccc(C(C)CC)cc1C(=O)OC. The molecule has 630 valence electrons. The molecule has 0 aliphatic heterocycles. The van der Waals surface area contributed by atoms with Crippen molar-refractivity contribution in [3.8, 4) is 34.5 Å². The van der Waals surface area contributed by atoms with Crippen molar-refractivity contribution in [2.24, 2.45) is 35.5 Å². The maximum Gasteiger partial charge on any atom is 0.341 e. The standard InChI is InChI=1S/C20H32O2.C16H24O4.C16H26O2.C14H22O2.C12H16O3.2C10H14O/c1-4-16(2)19-10-12-20(13-11-19)22-17(3)21-15-14-18-8-6-5-7-9-18;1-6-11(3)13-8-9-15(20-12(4)19-7-2)14(10-13)16(17)18-5;1-4-10(2)15(17)18-16(3)13-6-11-5-12(8-13)9-14(16)7-11;1-5-11(3)13-7-9-14(10-8-13)16-12(4)15-6-2;1-4-8(2)9-5-6-11(13)10(7-9)12(14)15-3;2*1-3-8(2)9-4-6-10(11)7-5-9/h10-13,16-18H,4-9,14-15H2,1-3H3;8-12H,6-7H2,1-5H3;10-14H,4-9H2,1-3H3;7-12H,5-6H2,1-4H3;5-8,13H,4H2,1-3H3;2*4-8,11H,3H2,1-2H3. The second-order valence-corrected chi connectivity index (χ2v) is 32.0. The van der Waals surface area contributed by atoms with Crippen LogP contribution in [0.5, 0.6) is 34.5 Å². The topological polar surface area (TPSA) is 195 Å². The van der Waals surface area contributed by atoms with Gasteiger partial charge in [0, 0.05) is 13.2 Å². The van der Waals surface area contributed by atoms with E-state index in [9.17, 15) is 19.5 Å². The van der Waals surface area contributed by atoms with Gasteiger partial charge in [-0.05, 0) is 296 Å². The number of carbonyl (C=O) groups excluding carboxylic acids is 3. The van der Waals surface area contributed by atoms with Crippen LogP contribution in [0.4, 0.5) is 0 Å². The third-order valence-corrected chi connectivity index (χ3v) is 23.9. The first-order valence-electron chi connectivity index (χ1n) is 43.0. The lowest BCUT2D eigenvalue weighted by Gasteiger charge is -2.59. The minimum atomic E-state index is -0.502. The van der Waals surface area contributed by atoms with Gasteiger partial charge in [-0.1, -0.05) is 190 Å². The Labute approximate surface area is 682 Å². The van der Waals surface area contributed by atoms with Gasteiger partial charge < -0.3 is 58.0 Å². The normalized spacial score (nSPS) is 19.8. The van der Waals surface area contributed by atoms with Crippen LogP contribution in [-0.4, -0.2) is 91.7 Å². The number of benzene rings is 6. The molecule has 5 saturated carbocycles. The van der Waals surface area contributed by atoms with E-state index in [1.54, 1.807) is 37.3 Å². The maximum atomic E-state index is 12.1. The summed E-state index contributed by atoms with van der Waals surface area (Å²) in [4.78, 5) is 35.4. The number of carbonyl (C=O) groups is 3. The highest BCUT2D eigenvalue weighted by molar-refractivity contribution is 5.93. The lowest BCUT2D eigenvalue weighted by molar-refractivity contribution is -0.206. The minimum Gasteiger partial charge on any atom is -0.508 e. The Morgan fingerprint density at radius 3 is 1.13 bits per heavy atom. The molecule has 0 aromatic heterocycles. The first-order chi connectivity index (χ1) is 54.0. The second-order valence-electron chi connectivity index (χ2n) is 32.0. The van der Waals surface area contributed by atoms with E-state index in [2.05, 4.69) is 138 Å². The summed E-state index contributed by atoms with van der Waals surface area (Å²) in [5.74, 6) is 9.29. The van der Waals surface area contributed by atoms with Crippen molar-refractivity contribution in [3.63, 3.8) is 0 Å². The first kappa shape index (κ1) is 97.8. The van der Waals surface area contributed by atoms with Crippen molar-refractivity contribution in [2.75, 3.05) is 34.0 Å². The molecule has 11 rings (SSSR count). The Morgan fingerprint density at radius 2 is 0.752 bits per heavy atom. The van der Waals surface area contributed by atoms with E-state index in [0.717, 1.165) is 85.5 Å². The summed E-state index contributed by atoms with van der Waals surface area (Å²) < 4.78 is 49.0. The quantitative estimate of drug-likeness (QED) is 0.0211. The summed E-state index contributed by atoms with van der Waals surface area (Å²) in [6, 6.07) is 42.3. The Balaban J connectivity index is 0.000000281. The molecule has 0 saturated heterocycles.